The van der Waals surface area contributed by atoms with Crippen LogP contribution in [0.15, 0.2) is 91.0 Å². The van der Waals surface area contributed by atoms with Crippen molar-refractivity contribution in [1.29, 1.82) is 0 Å². The van der Waals surface area contributed by atoms with Gasteiger partial charge in [-0.1, -0.05) is 106 Å². The zero-order valence-electron chi connectivity index (χ0n) is 22.6. The zero-order valence-corrected chi connectivity index (χ0v) is 26.4. The Hall–Kier alpha value is -1.89. The topological polar surface area (TPSA) is 0 Å². The molecule has 0 atom stereocenters. The van der Waals surface area contributed by atoms with Gasteiger partial charge < -0.3 is 7.43 Å². The van der Waals surface area contributed by atoms with Crippen molar-refractivity contribution >= 4 is 15.4 Å². The van der Waals surface area contributed by atoms with Crippen molar-refractivity contribution in [2.75, 3.05) is 0 Å². The second kappa shape index (κ2) is 13.4. The van der Waals surface area contributed by atoms with Gasteiger partial charge in [0.1, 0.15) is 0 Å². The van der Waals surface area contributed by atoms with Gasteiger partial charge >= 0.3 is 26.2 Å². The molecule has 0 heterocycles. The van der Waals surface area contributed by atoms with E-state index >= 15 is 0 Å². The van der Waals surface area contributed by atoms with Gasteiger partial charge in [0.15, 0.2) is 0 Å². The molecule has 5 rings (SSSR count). The summed E-state index contributed by atoms with van der Waals surface area (Å²) in [6.07, 6.45) is 1.03. The quantitative estimate of drug-likeness (QED) is 0.137. The van der Waals surface area contributed by atoms with Gasteiger partial charge in [0.2, 0.25) is 0 Å². The molecule has 0 aromatic heterocycles. The van der Waals surface area contributed by atoms with E-state index in [2.05, 4.69) is 90.1 Å². The van der Waals surface area contributed by atoms with E-state index in [0.717, 1.165) is 6.42 Å². The molecule has 35 heavy (non-hydrogen) atoms. The van der Waals surface area contributed by atoms with Crippen LogP contribution in [0.1, 0.15) is 63.8 Å². The fourth-order valence-corrected chi connectivity index (χ4v) is 4.33. The Balaban J connectivity index is 0.000000360. The molecule has 2 heteroatoms. The van der Waals surface area contributed by atoms with E-state index in [1.54, 1.807) is 0 Å². The van der Waals surface area contributed by atoms with E-state index in [1.807, 2.05) is 58.8 Å². The third kappa shape index (κ3) is 8.62. The van der Waals surface area contributed by atoms with Crippen molar-refractivity contribution in [3.8, 4) is 11.1 Å². The van der Waals surface area contributed by atoms with Crippen LogP contribution in [0, 0.1) is 13.5 Å². The first-order valence-corrected chi connectivity index (χ1v) is 12.5. The summed E-state index contributed by atoms with van der Waals surface area (Å²) < 4.78 is 0. The molecule has 2 radical (unpaired) electrons. The first-order valence-electron chi connectivity index (χ1n) is 11.8. The first kappa shape index (κ1) is 31.1. The van der Waals surface area contributed by atoms with E-state index < -0.39 is 0 Å². The normalized spacial score (nSPS) is 11.3. The maximum atomic E-state index is 3.55. The number of hydrogen-bond donors (Lipinski definition) is 0. The van der Waals surface area contributed by atoms with Gasteiger partial charge in [-0.25, -0.2) is 12.1 Å². The zero-order chi connectivity index (χ0) is 24.1. The molecule has 0 aliphatic heterocycles. The summed E-state index contributed by atoms with van der Waals surface area (Å²) in [5, 5.41) is 1.35. The minimum atomic E-state index is 0. The second-order valence-electron chi connectivity index (χ2n) is 10.7. The molecule has 0 bridgehead atoms. The van der Waals surface area contributed by atoms with Crippen molar-refractivity contribution in [1.82, 2.24) is 0 Å². The minimum Gasteiger partial charge on any atom is -0.358 e. The number of benzene rings is 3. The summed E-state index contributed by atoms with van der Waals surface area (Å²) in [6.45, 7) is 13.7. The average molecular weight is 556 g/mol. The van der Waals surface area contributed by atoms with Gasteiger partial charge in [0.25, 0.3) is 0 Å². The summed E-state index contributed by atoms with van der Waals surface area (Å²) in [6, 6.07) is 35.2. The van der Waals surface area contributed by atoms with Crippen LogP contribution in [0.2, 0.25) is 0 Å². The molecule has 0 unspecified atom stereocenters. The predicted molar refractivity (Wildman–Crippen MR) is 154 cm³/mol. The van der Waals surface area contributed by atoms with Gasteiger partial charge in [-0.3, -0.25) is 0 Å². The molecule has 0 amide bonds. The molecule has 0 fully saturated rings. The van der Waals surface area contributed by atoms with Crippen molar-refractivity contribution in [2.24, 2.45) is 0 Å². The first-order chi connectivity index (χ1) is 15.6. The Morgan fingerprint density at radius 1 is 0.771 bits per heavy atom. The largest absolute Gasteiger partial charge is 3.00 e. The van der Waals surface area contributed by atoms with E-state index in [9.17, 15) is 0 Å². The molecule has 0 nitrogen and oxygen atoms in total. The second-order valence-corrected chi connectivity index (χ2v) is 11.6. The summed E-state index contributed by atoms with van der Waals surface area (Å²) >= 11 is 0. The van der Waals surface area contributed by atoms with Crippen LogP contribution in [0.3, 0.4) is 0 Å². The monoisotopic (exact) mass is 554 g/mol. The molecule has 0 spiro atoms. The van der Waals surface area contributed by atoms with Crippen LogP contribution in [0.4, 0.5) is 0 Å². The molecule has 180 valence electrons. The van der Waals surface area contributed by atoms with E-state index in [0.29, 0.717) is 0 Å². The molecule has 0 N–H and O–H groups in total. The van der Waals surface area contributed by atoms with E-state index in [4.69, 9.17) is 0 Å². The smallest absolute Gasteiger partial charge is 0.358 e. The van der Waals surface area contributed by atoms with Gasteiger partial charge in [-0.05, 0) is 23.0 Å². The maximum absolute atomic E-state index is 3.55. The van der Waals surface area contributed by atoms with Crippen LogP contribution < -0.4 is 5.19 Å². The summed E-state index contributed by atoms with van der Waals surface area (Å²) in [5.41, 5.74) is 8.88. The summed E-state index contributed by atoms with van der Waals surface area (Å²) in [5.74, 6) is 0. The Bertz CT molecular complexity index is 1130. The maximum Gasteiger partial charge on any atom is 3.00 e. The Labute approximate surface area is 237 Å². The molecule has 4 aromatic rings. The van der Waals surface area contributed by atoms with Crippen LogP contribution in [-0.2, 0) is 43.5 Å². The predicted octanol–water partition coefficient (Wildman–Crippen LogP) is 7.45. The van der Waals surface area contributed by atoms with E-state index in [1.165, 1.54) is 38.6 Å². The van der Waals surface area contributed by atoms with Crippen molar-refractivity contribution in [2.45, 2.75) is 58.8 Å². The molecule has 1 aliphatic carbocycles. The molecule has 1 aliphatic rings. The van der Waals surface area contributed by atoms with Crippen LogP contribution in [-0.4, -0.2) is 10.2 Å². The third-order valence-corrected chi connectivity index (χ3v) is 6.39. The fourth-order valence-electron chi connectivity index (χ4n) is 4.05. The number of hydrogen-bond acceptors (Lipinski definition) is 0. The van der Waals surface area contributed by atoms with Gasteiger partial charge in [0, 0.05) is 10.2 Å². The van der Waals surface area contributed by atoms with Crippen molar-refractivity contribution in [3.05, 3.63) is 127 Å². The third-order valence-electron chi connectivity index (χ3n) is 5.92. The van der Waals surface area contributed by atoms with Crippen LogP contribution in [0.25, 0.3) is 11.1 Å². The van der Waals surface area contributed by atoms with Crippen LogP contribution >= 0.6 is 0 Å². The molecule has 0 saturated carbocycles. The fraction of sp³-hybridized carbons (Fsp3) is 0.273. The standard InChI is InChI=1S/C21H25.C6H7Si.C5H5.CH3.Zr/c1-20(2,3)15-11-10-14-12-18-16(17(14)13-15)8-7-9-19(18)21(4,5)6;7-6-4-2-1-3-5-6;1-2-4-5-3-1;;/h7-9,11,13H,12H2,1-6H3;1-5H,7H2;1-5H;1H3;/q-1;;2*-1;+3. The Kier molecular flexibility index (Phi) is 11.9. The van der Waals surface area contributed by atoms with Gasteiger partial charge in [-0.15, -0.1) is 5.56 Å². The van der Waals surface area contributed by atoms with Gasteiger partial charge in [0.05, 0.1) is 0 Å². The summed E-state index contributed by atoms with van der Waals surface area (Å²) in [4.78, 5) is 0. The van der Waals surface area contributed by atoms with Crippen molar-refractivity contribution in [3.63, 3.8) is 0 Å². The van der Waals surface area contributed by atoms with E-state index in [-0.39, 0.29) is 44.5 Å². The molecule has 4 aromatic carbocycles. The average Bonchev–Trinajstić information content (AvgIpc) is 3.44. The number of rotatable bonds is 0. The summed E-state index contributed by atoms with van der Waals surface area (Å²) in [7, 11) is 1.90. The molecular formula is C33H40SiZr. The Morgan fingerprint density at radius 3 is 1.86 bits per heavy atom. The molecule has 0 saturated heterocycles. The van der Waals surface area contributed by atoms with Gasteiger partial charge in [-0.2, -0.15) is 47.5 Å². The number of fused-ring (bicyclic) bond motifs is 3. The Morgan fingerprint density at radius 2 is 1.40 bits per heavy atom. The van der Waals surface area contributed by atoms with Crippen molar-refractivity contribution < 1.29 is 26.2 Å². The molecular weight excluding hydrogens is 516 g/mol. The minimum absolute atomic E-state index is 0. The SMILES string of the molecule is CC(C)(C)c1c[c-]c2c(c1)-c1cccc(C(C)(C)C)c1C2.[CH3-].[SiH2]c1ccccc1.[Zr+3].c1cc[cH-]c1. The van der Waals surface area contributed by atoms with Crippen LogP contribution in [0.5, 0.6) is 0 Å².